The van der Waals surface area contributed by atoms with Crippen molar-refractivity contribution in [3.8, 4) is 5.75 Å². The average molecular weight is 427 g/mol. The van der Waals surface area contributed by atoms with Crippen molar-refractivity contribution in [1.29, 1.82) is 0 Å². The van der Waals surface area contributed by atoms with Crippen LogP contribution < -0.4 is 5.11 Å². The average Bonchev–Trinajstić information content (AvgIpc) is 2.55. The van der Waals surface area contributed by atoms with E-state index in [-0.39, 0.29) is 5.56 Å². The molecule has 1 radical (unpaired) electrons. The molecule has 0 aromatic heterocycles. The predicted molar refractivity (Wildman–Crippen MR) is 97.7 cm³/mol. The Morgan fingerprint density at radius 2 is 1.39 bits per heavy atom. The summed E-state index contributed by atoms with van der Waals surface area (Å²) in [5.41, 5.74) is -0.178. The molecule has 0 fully saturated rings. The minimum Gasteiger partial charge on any atom is -0.872 e. The molecule has 0 spiro atoms. The quantitative estimate of drug-likeness (QED) is 0.513. The Kier molecular flexibility index (Phi) is 14.4. The van der Waals surface area contributed by atoms with Crippen molar-refractivity contribution in [2.45, 2.75) is 72.6 Å². The summed E-state index contributed by atoms with van der Waals surface area (Å²) in [5, 5.41) is 19.0. The molecular formula is C19H32O3Sn-. The Balaban J connectivity index is 0.000000433. The van der Waals surface area contributed by atoms with Gasteiger partial charge in [-0.1, -0.05) is 23.9 Å². The van der Waals surface area contributed by atoms with Gasteiger partial charge in [-0.2, -0.15) is 0 Å². The molecule has 0 amide bonds. The van der Waals surface area contributed by atoms with E-state index in [0.29, 0.717) is 0 Å². The summed E-state index contributed by atoms with van der Waals surface area (Å²) in [6.45, 7) is 7.00. The van der Waals surface area contributed by atoms with Crippen molar-refractivity contribution in [3.63, 3.8) is 0 Å². The fourth-order valence-electron chi connectivity index (χ4n) is 2.30. The Bertz CT molecular complexity index is 402. The molecule has 4 heteroatoms. The maximum Gasteiger partial charge on any atom is 0.335 e. The van der Waals surface area contributed by atoms with Gasteiger partial charge in [-0.15, -0.1) is 0 Å². The molecule has 0 aliphatic rings. The first kappa shape index (κ1) is 22.3. The van der Waals surface area contributed by atoms with Crippen LogP contribution >= 0.6 is 0 Å². The smallest absolute Gasteiger partial charge is 0.335 e. The molecule has 0 saturated carbocycles. The largest absolute Gasteiger partial charge is 0.872 e. The molecule has 1 rings (SSSR count). The molecule has 0 atom stereocenters. The number of carboxylic acids is 1. The van der Waals surface area contributed by atoms with Crippen LogP contribution in [0.5, 0.6) is 5.75 Å². The zero-order valence-electron chi connectivity index (χ0n) is 14.9. The molecule has 0 aliphatic carbocycles. The van der Waals surface area contributed by atoms with Gasteiger partial charge in [-0.25, -0.2) is 4.79 Å². The van der Waals surface area contributed by atoms with Crippen molar-refractivity contribution < 1.29 is 15.0 Å². The topological polar surface area (TPSA) is 60.4 Å². The standard InChI is InChI=1S/C7H6O3.3C4H9.Sn/c8-6-4-2-1-3-5(6)7(9)10;3*1-3-4-2;/h1-4,8H,(H,9,10);3*1,3-4H2,2H3;/p-1. The second kappa shape index (κ2) is 14.9. The van der Waals surface area contributed by atoms with Crippen LogP contribution in [-0.2, 0) is 0 Å². The van der Waals surface area contributed by atoms with Gasteiger partial charge in [0.05, 0.1) is 5.56 Å². The third-order valence-corrected chi connectivity index (χ3v) is 12.9. The molecule has 3 nitrogen and oxygen atoms in total. The van der Waals surface area contributed by atoms with Crippen LogP contribution in [0.15, 0.2) is 24.3 Å². The van der Waals surface area contributed by atoms with E-state index < -0.39 is 31.5 Å². The molecule has 0 saturated heterocycles. The van der Waals surface area contributed by atoms with Crippen molar-refractivity contribution in [2.24, 2.45) is 0 Å². The van der Waals surface area contributed by atoms with E-state index in [0.717, 1.165) is 0 Å². The number of hydrogen-bond donors (Lipinski definition) is 1. The number of para-hydroxylation sites is 1. The van der Waals surface area contributed by atoms with Gasteiger partial charge in [0, 0.05) is 0 Å². The summed E-state index contributed by atoms with van der Waals surface area (Å²) in [7, 11) is 0. The van der Waals surface area contributed by atoms with Crippen LogP contribution in [0.1, 0.15) is 69.7 Å². The van der Waals surface area contributed by atoms with Gasteiger partial charge in [-0.3, -0.25) is 0 Å². The van der Waals surface area contributed by atoms with Crippen LogP contribution in [0.2, 0.25) is 13.3 Å². The van der Waals surface area contributed by atoms with Crippen LogP contribution in [0.3, 0.4) is 0 Å². The van der Waals surface area contributed by atoms with E-state index in [1.165, 1.54) is 62.8 Å². The molecular weight excluding hydrogens is 395 g/mol. The fourth-order valence-corrected chi connectivity index (χ4v) is 11.7. The molecule has 0 unspecified atom stereocenters. The molecule has 23 heavy (non-hydrogen) atoms. The van der Waals surface area contributed by atoms with E-state index in [1.807, 2.05) is 0 Å². The number of unbranched alkanes of at least 4 members (excludes halogenated alkanes) is 3. The summed E-state index contributed by atoms with van der Waals surface area (Å²) in [6.07, 6.45) is 8.85. The zero-order chi connectivity index (χ0) is 17.5. The van der Waals surface area contributed by atoms with Crippen molar-refractivity contribution in [3.05, 3.63) is 29.8 Å². The van der Waals surface area contributed by atoms with Crippen molar-refractivity contribution >= 4 is 25.7 Å². The van der Waals surface area contributed by atoms with Gasteiger partial charge in [0.15, 0.2) is 0 Å². The van der Waals surface area contributed by atoms with Gasteiger partial charge < -0.3 is 10.2 Å². The van der Waals surface area contributed by atoms with Crippen LogP contribution in [0.25, 0.3) is 0 Å². The first-order chi connectivity index (χ1) is 11.1. The fraction of sp³-hybridized carbons (Fsp3) is 0.632. The van der Waals surface area contributed by atoms with Gasteiger partial charge in [0.1, 0.15) is 0 Å². The SMILES string of the molecule is CCC[CH2][Sn]([CH2]CCC)[CH2]CCC.O=C(O)c1ccccc1[O-]. The number of rotatable bonds is 10. The zero-order valence-corrected chi connectivity index (χ0v) is 17.8. The summed E-state index contributed by atoms with van der Waals surface area (Å²) in [5.74, 6) is -1.62. The molecule has 0 bridgehead atoms. The Hall–Kier alpha value is -0.711. The minimum atomic E-state index is -1.18. The second-order valence-corrected chi connectivity index (χ2v) is 14.4. The summed E-state index contributed by atoms with van der Waals surface area (Å²) in [4.78, 5) is 10.2. The van der Waals surface area contributed by atoms with Crippen molar-refractivity contribution in [2.75, 3.05) is 0 Å². The second-order valence-electron chi connectivity index (χ2n) is 5.86. The first-order valence-electron chi connectivity index (χ1n) is 8.89. The van der Waals surface area contributed by atoms with E-state index in [9.17, 15) is 9.90 Å². The molecule has 1 aromatic rings. The summed E-state index contributed by atoms with van der Waals surface area (Å²) >= 11 is -0.839. The van der Waals surface area contributed by atoms with Crippen LogP contribution in [-0.4, -0.2) is 30.8 Å². The Morgan fingerprint density at radius 1 is 0.957 bits per heavy atom. The van der Waals surface area contributed by atoms with E-state index in [4.69, 9.17) is 5.11 Å². The summed E-state index contributed by atoms with van der Waals surface area (Å²) in [6, 6.07) is 5.54. The third kappa shape index (κ3) is 11.5. The monoisotopic (exact) mass is 428 g/mol. The third-order valence-electron chi connectivity index (χ3n) is 3.77. The minimum absolute atomic E-state index is 0.178. The number of carbonyl (C=O) groups is 1. The predicted octanol–water partition coefficient (Wildman–Crippen LogP) is 5.34. The molecule has 1 aromatic carbocycles. The van der Waals surface area contributed by atoms with E-state index in [2.05, 4.69) is 20.8 Å². The maximum absolute atomic E-state index is 10.7. The number of aromatic carboxylic acids is 1. The number of carboxylic acid groups (broad SMARTS) is 1. The molecule has 0 aliphatic heterocycles. The number of hydrogen-bond acceptors (Lipinski definition) is 2. The van der Waals surface area contributed by atoms with Gasteiger partial charge in [0.25, 0.3) is 0 Å². The number of benzene rings is 1. The first-order valence-corrected chi connectivity index (χ1v) is 14.9. The molecule has 131 valence electrons. The van der Waals surface area contributed by atoms with Gasteiger partial charge in [-0.05, 0) is 6.07 Å². The van der Waals surface area contributed by atoms with Crippen LogP contribution in [0, 0.1) is 0 Å². The molecule has 1 N–H and O–H groups in total. The Morgan fingerprint density at radius 3 is 1.70 bits per heavy atom. The molecule has 0 heterocycles. The van der Waals surface area contributed by atoms with E-state index in [1.54, 1.807) is 13.3 Å². The van der Waals surface area contributed by atoms with Gasteiger partial charge >= 0.3 is 98.3 Å². The van der Waals surface area contributed by atoms with Crippen molar-refractivity contribution in [1.82, 2.24) is 0 Å². The van der Waals surface area contributed by atoms with Gasteiger partial charge in [0.2, 0.25) is 0 Å². The maximum atomic E-state index is 10.7. The Labute approximate surface area is 148 Å². The summed E-state index contributed by atoms with van der Waals surface area (Å²) < 4.78 is 5.04. The van der Waals surface area contributed by atoms with E-state index >= 15 is 0 Å². The normalized spacial score (nSPS) is 10.3. The van der Waals surface area contributed by atoms with Crippen LogP contribution in [0.4, 0.5) is 0 Å².